The number of para-hydroxylation sites is 1. The Morgan fingerprint density at radius 2 is 1.65 bits per heavy atom. The van der Waals surface area contributed by atoms with Crippen molar-refractivity contribution >= 4 is 11.9 Å². The second-order valence-electron chi connectivity index (χ2n) is 6.46. The molecule has 0 radical (unpaired) electrons. The van der Waals surface area contributed by atoms with Crippen LogP contribution in [0.15, 0.2) is 59.7 Å². The van der Waals surface area contributed by atoms with Crippen LogP contribution in [0.1, 0.15) is 29.4 Å². The van der Waals surface area contributed by atoms with Crippen molar-refractivity contribution in [3.63, 3.8) is 0 Å². The summed E-state index contributed by atoms with van der Waals surface area (Å²) in [5.74, 6) is 0.889. The summed E-state index contributed by atoms with van der Waals surface area (Å²) in [4.78, 5) is 0. The van der Waals surface area contributed by atoms with Crippen LogP contribution in [0.4, 0.5) is 5.69 Å². The van der Waals surface area contributed by atoms with Gasteiger partial charge in [0.15, 0.2) is 0 Å². The van der Waals surface area contributed by atoms with E-state index in [1.54, 1.807) is 0 Å². The Kier molecular flexibility index (Phi) is 4.25. The van der Waals surface area contributed by atoms with E-state index in [9.17, 15) is 0 Å². The van der Waals surface area contributed by atoms with Gasteiger partial charge in [-0.15, -0.1) is 0 Å². The highest BCUT2D eigenvalue weighted by atomic mass is 16.5. The maximum Gasteiger partial charge on any atom is 0.119 e. The first-order valence-electron chi connectivity index (χ1n) is 8.99. The van der Waals surface area contributed by atoms with E-state index >= 15 is 0 Å². The third kappa shape index (κ3) is 2.77. The monoisotopic (exact) mass is 345 g/mol. The second kappa shape index (κ2) is 6.71. The maximum absolute atomic E-state index is 5.53. The number of hydrogen-bond donors (Lipinski definition) is 0. The molecule has 0 fully saturated rings. The normalized spacial score (nSPS) is 13.0. The van der Waals surface area contributed by atoms with E-state index in [1.165, 1.54) is 28.2 Å². The van der Waals surface area contributed by atoms with Crippen molar-refractivity contribution in [3.05, 3.63) is 77.1 Å². The Balaban J connectivity index is 1.67. The van der Waals surface area contributed by atoms with Gasteiger partial charge in [-0.1, -0.05) is 18.2 Å². The molecule has 1 aromatic heterocycles. The SMILES string of the molecule is CCOc1ccc(N2Cc3c(c(C)n(-c4ccccc4)c3C)C=N2)cc1. The molecule has 0 bridgehead atoms. The van der Waals surface area contributed by atoms with Crippen molar-refractivity contribution in [2.45, 2.75) is 27.3 Å². The van der Waals surface area contributed by atoms with Gasteiger partial charge in [0.25, 0.3) is 0 Å². The number of aromatic nitrogens is 1. The number of rotatable bonds is 4. The van der Waals surface area contributed by atoms with Crippen molar-refractivity contribution in [3.8, 4) is 11.4 Å². The van der Waals surface area contributed by atoms with Gasteiger partial charge in [0.05, 0.1) is 25.1 Å². The van der Waals surface area contributed by atoms with E-state index < -0.39 is 0 Å². The number of hydrazone groups is 1. The summed E-state index contributed by atoms with van der Waals surface area (Å²) < 4.78 is 7.85. The zero-order valence-electron chi connectivity index (χ0n) is 15.4. The number of nitrogens with zero attached hydrogens (tertiary/aromatic N) is 3. The Morgan fingerprint density at radius 3 is 2.35 bits per heavy atom. The van der Waals surface area contributed by atoms with Gasteiger partial charge in [0.2, 0.25) is 0 Å². The van der Waals surface area contributed by atoms with Crippen LogP contribution < -0.4 is 9.75 Å². The van der Waals surface area contributed by atoms with E-state index in [2.05, 4.69) is 59.9 Å². The predicted octanol–water partition coefficient (Wildman–Crippen LogP) is 4.85. The fourth-order valence-corrected chi connectivity index (χ4v) is 3.61. The molecule has 0 aliphatic carbocycles. The van der Waals surface area contributed by atoms with Crippen LogP contribution in [0.2, 0.25) is 0 Å². The quantitative estimate of drug-likeness (QED) is 0.677. The van der Waals surface area contributed by atoms with E-state index in [-0.39, 0.29) is 0 Å². The minimum absolute atomic E-state index is 0.677. The smallest absolute Gasteiger partial charge is 0.119 e. The van der Waals surface area contributed by atoms with Crippen LogP contribution in [0, 0.1) is 13.8 Å². The number of fused-ring (bicyclic) bond motifs is 1. The van der Waals surface area contributed by atoms with E-state index in [0.29, 0.717) is 6.61 Å². The minimum Gasteiger partial charge on any atom is -0.494 e. The molecule has 0 N–H and O–H groups in total. The second-order valence-corrected chi connectivity index (χ2v) is 6.46. The van der Waals surface area contributed by atoms with Gasteiger partial charge in [0.1, 0.15) is 5.75 Å². The molecule has 1 aliphatic heterocycles. The standard InChI is InChI=1S/C22H23N3O/c1-4-26-20-12-10-18(11-13-20)24-15-22-17(3)25(16(2)21(22)14-23-24)19-8-6-5-7-9-19/h5-14H,4,15H2,1-3H3. The zero-order chi connectivity index (χ0) is 18.1. The van der Waals surface area contributed by atoms with Gasteiger partial charge >= 0.3 is 0 Å². The van der Waals surface area contributed by atoms with Crippen molar-refractivity contribution in [2.75, 3.05) is 11.6 Å². The van der Waals surface area contributed by atoms with E-state index in [1.807, 2.05) is 36.3 Å². The summed E-state index contributed by atoms with van der Waals surface area (Å²) in [6, 6.07) is 18.6. The molecule has 0 atom stereocenters. The largest absolute Gasteiger partial charge is 0.494 e. The van der Waals surface area contributed by atoms with Gasteiger partial charge in [-0.25, -0.2) is 0 Å². The Labute approximate surface area is 154 Å². The molecular formula is C22H23N3O. The third-order valence-corrected chi connectivity index (χ3v) is 4.92. The highest BCUT2D eigenvalue weighted by molar-refractivity contribution is 5.87. The summed E-state index contributed by atoms with van der Waals surface area (Å²) >= 11 is 0. The number of benzene rings is 2. The lowest BCUT2D eigenvalue weighted by molar-refractivity contribution is 0.340. The van der Waals surface area contributed by atoms with E-state index in [4.69, 9.17) is 4.74 Å². The molecule has 0 unspecified atom stereocenters. The highest BCUT2D eigenvalue weighted by Gasteiger charge is 2.23. The fraction of sp³-hybridized carbons (Fsp3) is 0.227. The molecule has 4 rings (SSSR count). The number of anilines is 1. The average Bonchev–Trinajstić information content (AvgIpc) is 2.93. The summed E-state index contributed by atoms with van der Waals surface area (Å²) in [7, 11) is 0. The first kappa shape index (κ1) is 16.5. The number of hydrogen-bond acceptors (Lipinski definition) is 3. The first-order valence-corrected chi connectivity index (χ1v) is 8.99. The van der Waals surface area contributed by atoms with Gasteiger partial charge in [-0.05, 0) is 57.2 Å². The van der Waals surface area contributed by atoms with Crippen LogP contribution in [-0.4, -0.2) is 17.4 Å². The molecule has 26 heavy (non-hydrogen) atoms. The van der Waals surface area contributed by atoms with Crippen LogP contribution >= 0.6 is 0 Å². The Hall–Kier alpha value is -3.01. The molecule has 0 saturated carbocycles. The minimum atomic E-state index is 0.677. The molecule has 1 aliphatic rings. The summed E-state index contributed by atoms with van der Waals surface area (Å²) in [6.07, 6.45) is 1.98. The molecule has 3 aromatic rings. The van der Waals surface area contributed by atoms with Gasteiger partial charge < -0.3 is 9.30 Å². The van der Waals surface area contributed by atoms with Crippen molar-refractivity contribution < 1.29 is 4.74 Å². The van der Waals surface area contributed by atoms with Crippen LogP contribution in [-0.2, 0) is 6.54 Å². The first-order chi connectivity index (χ1) is 12.7. The summed E-state index contributed by atoms with van der Waals surface area (Å²) in [5.41, 5.74) is 7.33. The lowest BCUT2D eigenvalue weighted by atomic mass is 10.1. The zero-order valence-corrected chi connectivity index (χ0v) is 15.4. The van der Waals surface area contributed by atoms with Crippen molar-refractivity contribution in [1.82, 2.24) is 4.57 Å². The topological polar surface area (TPSA) is 29.8 Å². The highest BCUT2D eigenvalue weighted by Crippen LogP contribution is 2.31. The number of ether oxygens (including phenoxy) is 1. The summed E-state index contributed by atoms with van der Waals surface area (Å²) in [5, 5.41) is 6.72. The molecule has 4 heteroatoms. The van der Waals surface area contributed by atoms with Crippen LogP contribution in [0.3, 0.4) is 0 Å². The van der Waals surface area contributed by atoms with Gasteiger partial charge in [0, 0.05) is 28.2 Å². The predicted molar refractivity (Wildman–Crippen MR) is 107 cm³/mol. The fourth-order valence-electron chi connectivity index (χ4n) is 3.61. The third-order valence-electron chi connectivity index (χ3n) is 4.92. The van der Waals surface area contributed by atoms with Crippen molar-refractivity contribution in [1.29, 1.82) is 0 Å². The van der Waals surface area contributed by atoms with Crippen LogP contribution in [0.25, 0.3) is 5.69 Å². The lowest BCUT2D eigenvalue weighted by Crippen LogP contribution is -2.21. The molecule has 0 amide bonds. The lowest BCUT2D eigenvalue weighted by Gasteiger charge is -2.23. The van der Waals surface area contributed by atoms with Gasteiger partial charge in [-0.2, -0.15) is 5.10 Å². The molecule has 0 spiro atoms. The molecular weight excluding hydrogens is 322 g/mol. The van der Waals surface area contributed by atoms with Crippen LogP contribution in [0.5, 0.6) is 5.75 Å². The molecule has 4 nitrogen and oxygen atoms in total. The molecule has 2 aromatic carbocycles. The molecule has 132 valence electrons. The molecule has 2 heterocycles. The van der Waals surface area contributed by atoms with Crippen molar-refractivity contribution in [2.24, 2.45) is 5.10 Å². The maximum atomic E-state index is 5.53. The van der Waals surface area contributed by atoms with E-state index in [0.717, 1.165) is 18.0 Å². The average molecular weight is 345 g/mol. The molecule has 0 saturated heterocycles. The summed E-state index contributed by atoms with van der Waals surface area (Å²) in [6.45, 7) is 7.79. The van der Waals surface area contributed by atoms with Gasteiger partial charge in [-0.3, -0.25) is 5.01 Å². The Bertz CT molecular complexity index is 940. The Morgan fingerprint density at radius 1 is 0.923 bits per heavy atom.